The lowest BCUT2D eigenvalue weighted by atomic mass is 10.2. The molecule has 0 amide bonds. The molecule has 1 aromatic heterocycles. The molecule has 1 atom stereocenters. The zero-order valence-corrected chi connectivity index (χ0v) is 12.7. The maximum absolute atomic E-state index is 12.4. The SMILES string of the molecule is O=C(O)CC1CS(=O)(=O)CCN1S(=O)(=O)c1cccs1. The molecule has 1 unspecified atom stereocenters. The standard InChI is InChI=1S/C10H13NO6S3/c12-9(13)6-8-7-19(14,15)5-3-11(8)20(16,17)10-2-1-4-18-10/h1-2,4,8H,3,5-7H2,(H,12,13). The first-order chi connectivity index (χ1) is 9.22. The molecule has 0 saturated carbocycles. The fraction of sp³-hybridized carbons (Fsp3) is 0.500. The normalized spacial score (nSPS) is 23.5. The Morgan fingerprint density at radius 1 is 1.50 bits per heavy atom. The minimum absolute atomic E-state index is 0.0900. The highest BCUT2D eigenvalue weighted by Gasteiger charge is 2.40. The number of carbonyl (C=O) groups is 1. The molecule has 1 fully saturated rings. The summed E-state index contributed by atoms with van der Waals surface area (Å²) < 4.78 is 49.1. The van der Waals surface area contributed by atoms with Gasteiger partial charge in [0.15, 0.2) is 9.84 Å². The summed E-state index contributed by atoms with van der Waals surface area (Å²) in [6.45, 7) is -0.208. The number of hydrogen-bond acceptors (Lipinski definition) is 6. The average molecular weight is 339 g/mol. The highest BCUT2D eigenvalue weighted by atomic mass is 32.2. The molecule has 0 bridgehead atoms. The van der Waals surface area contributed by atoms with Crippen LogP contribution in [0.15, 0.2) is 21.7 Å². The number of thiophene rings is 1. The number of sulfone groups is 1. The summed E-state index contributed by atoms with van der Waals surface area (Å²) in [5.41, 5.74) is 0. The van der Waals surface area contributed by atoms with Crippen molar-refractivity contribution in [3.05, 3.63) is 17.5 Å². The van der Waals surface area contributed by atoms with Crippen LogP contribution >= 0.6 is 11.3 Å². The quantitative estimate of drug-likeness (QED) is 0.828. The molecule has 1 aliphatic rings. The van der Waals surface area contributed by atoms with Crippen LogP contribution in [0.5, 0.6) is 0 Å². The first-order valence-electron chi connectivity index (χ1n) is 5.70. The van der Waals surface area contributed by atoms with Crippen molar-refractivity contribution in [1.29, 1.82) is 0 Å². The molecule has 2 heterocycles. The maximum Gasteiger partial charge on any atom is 0.305 e. The van der Waals surface area contributed by atoms with Gasteiger partial charge in [-0.15, -0.1) is 11.3 Å². The van der Waals surface area contributed by atoms with Crippen molar-refractivity contribution in [3.8, 4) is 0 Å². The fourth-order valence-corrected chi connectivity index (χ4v) is 6.55. The highest BCUT2D eigenvalue weighted by molar-refractivity contribution is 7.92. The molecular weight excluding hydrogens is 326 g/mol. The van der Waals surface area contributed by atoms with Gasteiger partial charge in [0.1, 0.15) is 4.21 Å². The molecule has 1 aliphatic heterocycles. The van der Waals surface area contributed by atoms with E-state index in [1.54, 1.807) is 11.4 Å². The van der Waals surface area contributed by atoms with Crippen molar-refractivity contribution in [2.75, 3.05) is 18.1 Å². The molecule has 0 aromatic carbocycles. The third-order valence-corrected chi connectivity index (χ3v) is 7.97. The molecule has 0 spiro atoms. The average Bonchev–Trinajstić information content (AvgIpc) is 2.79. The van der Waals surface area contributed by atoms with Crippen LogP contribution in [-0.4, -0.2) is 56.3 Å². The van der Waals surface area contributed by atoms with E-state index in [1.165, 1.54) is 6.07 Å². The Balaban J connectivity index is 2.36. The molecule has 2 rings (SSSR count). The minimum atomic E-state index is -3.84. The van der Waals surface area contributed by atoms with Gasteiger partial charge in [-0.1, -0.05) is 6.07 Å². The number of hydrogen-bond donors (Lipinski definition) is 1. The van der Waals surface area contributed by atoms with E-state index in [-0.39, 0.29) is 16.5 Å². The van der Waals surface area contributed by atoms with E-state index in [2.05, 4.69) is 0 Å². The first kappa shape index (κ1) is 15.4. The number of aliphatic carboxylic acids is 1. The van der Waals surface area contributed by atoms with E-state index in [0.717, 1.165) is 15.6 Å². The lowest BCUT2D eigenvalue weighted by molar-refractivity contribution is -0.137. The Morgan fingerprint density at radius 2 is 2.20 bits per heavy atom. The summed E-state index contributed by atoms with van der Waals surface area (Å²) in [5.74, 6) is -1.96. The maximum atomic E-state index is 12.4. The molecule has 10 heteroatoms. The summed E-state index contributed by atoms with van der Waals surface area (Å²) in [6, 6.07) is 1.93. The molecule has 0 radical (unpaired) electrons. The molecule has 1 N–H and O–H groups in total. The van der Waals surface area contributed by atoms with Crippen molar-refractivity contribution in [3.63, 3.8) is 0 Å². The van der Waals surface area contributed by atoms with Crippen molar-refractivity contribution in [2.24, 2.45) is 0 Å². The van der Waals surface area contributed by atoms with E-state index < -0.39 is 44.0 Å². The Morgan fingerprint density at radius 3 is 2.75 bits per heavy atom. The van der Waals surface area contributed by atoms with Crippen LogP contribution in [-0.2, 0) is 24.7 Å². The minimum Gasteiger partial charge on any atom is -0.481 e. The van der Waals surface area contributed by atoms with Gasteiger partial charge in [0.25, 0.3) is 10.0 Å². The van der Waals surface area contributed by atoms with E-state index in [9.17, 15) is 21.6 Å². The lowest BCUT2D eigenvalue weighted by Crippen LogP contribution is -2.51. The van der Waals surface area contributed by atoms with Gasteiger partial charge in [0.2, 0.25) is 0 Å². The zero-order valence-electron chi connectivity index (χ0n) is 10.3. The van der Waals surface area contributed by atoms with Gasteiger partial charge in [0.05, 0.1) is 17.9 Å². The topological polar surface area (TPSA) is 109 Å². The second-order valence-electron chi connectivity index (χ2n) is 4.41. The van der Waals surface area contributed by atoms with Crippen LogP contribution in [0.3, 0.4) is 0 Å². The number of nitrogens with zero attached hydrogens (tertiary/aromatic N) is 1. The zero-order chi connectivity index (χ0) is 15.0. The number of carboxylic acid groups (broad SMARTS) is 1. The smallest absolute Gasteiger partial charge is 0.305 e. The summed E-state index contributed by atoms with van der Waals surface area (Å²) >= 11 is 1.02. The number of rotatable bonds is 4. The van der Waals surface area contributed by atoms with E-state index in [4.69, 9.17) is 5.11 Å². The second kappa shape index (κ2) is 5.43. The highest BCUT2D eigenvalue weighted by Crippen LogP contribution is 2.26. The Hall–Kier alpha value is -0.970. The van der Waals surface area contributed by atoms with E-state index in [1.807, 2.05) is 0 Å². The number of sulfonamides is 1. The van der Waals surface area contributed by atoms with Gasteiger partial charge in [-0.2, -0.15) is 4.31 Å². The first-order valence-corrected chi connectivity index (χ1v) is 9.84. The molecule has 1 aromatic rings. The number of carboxylic acids is 1. The summed E-state index contributed by atoms with van der Waals surface area (Å²) in [7, 11) is -7.25. The van der Waals surface area contributed by atoms with E-state index >= 15 is 0 Å². The molecule has 1 saturated heterocycles. The summed E-state index contributed by atoms with van der Waals surface area (Å²) in [4.78, 5) is 10.8. The predicted molar refractivity (Wildman–Crippen MR) is 72.9 cm³/mol. The van der Waals surface area contributed by atoms with Crippen LogP contribution < -0.4 is 0 Å². The Kier molecular flexibility index (Phi) is 4.19. The molecule has 112 valence electrons. The predicted octanol–water partition coefficient (Wildman–Crippen LogP) is 0.0105. The van der Waals surface area contributed by atoms with Gasteiger partial charge < -0.3 is 5.11 Å². The third-order valence-electron chi connectivity index (χ3n) is 2.94. The monoisotopic (exact) mass is 339 g/mol. The summed E-state index contributed by atoms with van der Waals surface area (Å²) in [5, 5.41) is 10.4. The van der Waals surface area contributed by atoms with Crippen LogP contribution in [0, 0.1) is 0 Å². The molecule has 7 nitrogen and oxygen atoms in total. The summed E-state index contributed by atoms with van der Waals surface area (Å²) in [6.07, 6.45) is -0.524. The second-order valence-corrected chi connectivity index (χ2v) is 9.71. The Labute approximate surface area is 120 Å². The van der Waals surface area contributed by atoms with Crippen molar-refractivity contribution >= 4 is 37.2 Å². The Bertz CT molecular complexity index is 691. The van der Waals surface area contributed by atoms with Gasteiger partial charge in [-0.25, -0.2) is 16.8 Å². The van der Waals surface area contributed by atoms with Crippen LogP contribution in [0.2, 0.25) is 0 Å². The third kappa shape index (κ3) is 3.19. The fourth-order valence-electron chi connectivity index (χ4n) is 2.08. The van der Waals surface area contributed by atoms with Crippen molar-refractivity contribution in [2.45, 2.75) is 16.7 Å². The van der Waals surface area contributed by atoms with Crippen LogP contribution in [0.4, 0.5) is 0 Å². The molecular formula is C10H13NO6S3. The van der Waals surface area contributed by atoms with Crippen LogP contribution in [0.1, 0.15) is 6.42 Å². The van der Waals surface area contributed by atoms with E-state index in [0.29, 0.717) is 0 Å². The largest absolute Gasteiger partial charge is 0.481 e. The van der Waals surface area contributed by atoms with Crippen LogP contribution in [0.25, 0.3) is 0 Å². The van der Waals surface area contributed by atoms with Gasteiger partial charge in [-0.3, -0.25) is 4.79 Å². The van der Waals surface area contributed by atoms with Gasteiger partial charge in [-0.05, 0) is 11.4 Å². The van der Waals surface area contributed by atoms with Gasteiger partial charge in [0, 0.05) is 12.6 Å². The van der Waals surface area contributed by atoms with Gasteiger partial charge >= 0.3 is 5.97 Å². The molecule has 0 aliphatic carbocycles. The van der Waals surface area contributed by atoms with Crippen molar-refractivity contribution in [1.82, 2.24) is 4.31 Å². The lowest BCUT2D eigenvalue weighted by Gasteiger charge is -2.33. The van der Waals surface area contributed by atoms with Crippen molar-refractivity contribution < 1.29 is 26.7 Å². The molecule has 20 heavy (non-hydrogen) atoms.